The summed E-state index contributed by atoms with van der Waals surface area (Å²) in [5, 5.41) is 6.01. The zero-order chi connectivity index (χ0) is 21.9. The summed E-state index contributed by atoms with van der Waals surface area (Å²) in [5.41, 5.74) is 1.48. The van der Waals surface area contributed by atoms with E-state index < -0.39 is 6.61 Å². The maximum Gasteiger partial charge on any atom is 0.387 e. The summed E-state index contributed by atoms with van der Waals surface area (Å²) in [4.78, 5) is 17.8. The number of likely N-dealkylation sites (N-methyl/N-ethyl adjacent to an activating group) is 1. The molecule has 2 rings (SSSR count). The van der Waals surface area contributed by atoms with E-state index in [1.54, 1.807) is 39.4 Å². The van der Waals surface area contributed by atoms with Gasteiger partial charge in [-0.25, -0.2) is 4.99 Å². The number of guanidine groups is 1. The van der Waals surface area contributed by atoms with Crippen molar-refractivity contribution in [2.24, 2.45) is 4.99 Å². The first-order valence-electron chi connectivity index (χ1n) is 9.27. The van der Waals surface area contributed by atoms with Gasteiger partial charge < -0.3 is 25.0 Å². The fraction of sp³-hybridized carbons (Fsp3) is 0.333. The monoisotopic (exact) mass is 420 g/mol. The van der Waals surface area contributed by atoms with Crippen LogP contribution in [0.2, 0.25) is 0 Å². The second-order valence-electron chi connectivity index (χ2n) is 6.49. The van der Waals surface area contributed by atoms with E-state index in [2.05, 4.69) is 20.4 Å². The van der Waals surface area contributed by atoms with Crippen molar-refractivity contribution in [1.82, 2.24) is 15.5 Å². The van der Waals surface area contributed by atoms with Gasteiger partial charge in [0.25, 0.3) is 0 Å². The molecule has 0 heterocycles. The molecule has 0 unspecified atom stereocenters. The fourth-order valence-corrected chi connectivity index (χ4v) is 2.43. The van der Waals surface area contributed by atoms with Crippen LogP contribution in [0.15, 0.2) is 53.5 Å². The third-order valence-corrected chi connectivity index (χ3v) is 4.12. The minimum atomic E-state index is -2.91. The highest BCUT2D eigenvalue weighted by Gasteiger charge is 2.11. The summed E-state index contributed by atoms with van der Waals surface area (Å²) in [6.07, 6.45) is 0. The molecular weight excluding hydrogens is 394 g/mol. The molecule has 30 heavy (non-hydrogen) atoms. The third kappa shape index (κ3) is 7.57. The molecule has 0 atom stereocenters. The lowest BCUT2D eigenvalue weighted by Gasteiger charge is -2.16. The molecule has 2 aromatic rings. The first-order valence-corrected chi connectivity index (χ1v) is 9.27. The van der Waals surface area contributed by atoms with Crippen molar-refractivity contribution in [2.75, 3.05) is 27.7 Å². The molecule has 1 amide bonds. The number of benzene rings is 2. The quantitative estimate of drug-likeness (QED) is 0.482. The number of rotatable bonds is 9. The summed E-state index contributed by atoms with van der Waals surface area (Å²) < 4.78 is 34.9. The second kappa shape index (κ2) is 11.6. The van der Waals surface area contributed by atoms with Crippen LogP contribution in [0.3, 0.4) is 0 Å². The van der Waals surface area contributed by atoms with Gasteiger partial charge in [0.1, 0.15) is 11.5 Å². The topological polar surface area (TPSA) is 75.2 Å². The molecule has 0 saturated heterocycles. The Labute approximate surface area is 174 Å². The maximum absolute atomic E-state index is 12.6. The number of aliphatic imine (C=N–C) groups is 1. The van der Waals surface area contributed by atoms with E-state index in [0.29, 0.717) is 18.1 Å². The molecule has 2 aromatic carbocycles. The van der Waals surface area contributed by atoms with Crippen molar-refractivity contribution in [3.63, 3.8) is 0 Å². The highest BCUT2D eigenvalue weighted by molar-refractivity contribution is 5.86. The fourth-order valence-electron chi connectivity index (χ4n) is 2.43. The average molecular weight is 420 g/mol. The first-order chi connectivity index (χ1) is 14.4. The largest absolute Gasteiger partial charge is 0.497 e. The number of halogens is 2. The molecule has 0 spiro atoms. The number of alkyl halides is 2. The molecule has 0 aliphatic carbocycles. The summed E-state index contributed by atoms with van der Waals surface area (Å²) in [6, 6.07) is 13.9. The van der Waals surface area contributed by atoms with Gasteiger partial charge in [0.2, 0.25) is 5.91 Å². The van der Waals surface area contributed by atoms with E-state index in [9.17, 15) is 13.6 Å². The molecule has 0 aliphatic heterocycles. The molecular formula is C21H26F2N4O3. The Bertz CT molecular complexity index is 842. The van der Waals surface area contributed by atoms with Crippen LogP contribution in [0.25, 0.3) is 0 Å². The molecule has 0 saturated carbocycles. The predicted octanol–water partition coefficient (Wildman–Crippen LogP) is 2.62. The Morgan fingerprint density at radius 1 is 1.10 bits per heavy atom. The van der Waals surface area contributed by atoms with Crippen molar-refractivity contribution in [3.05, 3.63) is 59.7 Å². The Hall–Kier alpha value is -3.36. The van der Waals surface area contributed by atoms with Crippen LogP contribution in [0.1, 0.15) is 11.1 Å². The Morgan fingerprint density at radius 2 is 1.80 bits per heavy atom. The number of methoxy groups -OCH3 is 1. The van der Waals surface area contributed by atoms with E-state index >= 15 is 0 Å². The third-order valence-electron chi connectivity index (χ3n) is 4.12. The van der Waals surface area contributed by atoms with Crippen molar-refractivity contribution in [1.29, 1.82) is 0 Å². The number of carbonyl (C=O) groups excluding carboxylic acids is 1. The number of hydrogen-bond acceptors (Lipinski definition) is 4. The summed E-state index contributed by atoms with van der Waals surface area (Å²) in [7, 11) is 4.91. The molecule has 0 radical (unpaired) electrons. The summed E-state index contributed by atoms with van der Waals surface area (Å²) >= 11 is 0. The Morgan fingerprint density at radius 3 is 2.43 bits per heavy atom. The molecule has 9 heteroatoms. The van der Waals surface area contributed by atoms with E-state index in [4.69, 9.17) is 4.74 Å². The summed E-state index contributed by atoms with van der Waals surface area (Å²) in [5.74, 6) is 1.06. The predicted molar refractivity (Wildman–Crippen MR) is 111 cm³/mol. The lowest BCUT2D eigenvalue weighted by atomic mass is 10.2. The highest BCUT2D eigenvalue weighted by Crippen LogP contribution is 2.20. The second-order valence-corrected chi connectivity index (χ2v) is 6.49. The minimum absolute atomic E-state index is 0.0383. The zero-order valence-electron chi connectivity index (χ0n) is 17.2. The number of para-hydroxylation sites is 1. The van der Waals surface area contributed by atoms with Gasteiger partial charge in [-0.3, -0.25) is 4.79 Å². The molecule has 2 N–H and O–H groups in total. The van der Waals surface area contributed by atoms with Gasteiger partial charge in [0.15, 0.2) is 5.96 Å². The van der Waals surface area contributed by atoms with Crippen LogP contribution >= 0.6 is 0 Å². The first kappa shape index (κ1) is 22.9. The number of nitrogens with zero attached hydrogens (tertiary/aromatic N) is 2. The normalized spacial score (nSPS) is 11.2. The molecule has 0 aliphatic rings. The smallest absolute Gasteiger partial charge is 0.387 e. The highest BCUT2D eigenvalue weighted by atomic mass is 19.3. The van der Waals surface area contributed by atoms with Crippen molar-refractivity contribution < 1.29 is 23.0 Å². The standard InChI is InChI=1S/C21H26F2N4O3/c1-27(2)19(28)14-26-21(24-12-15-8-10-17(29-3)11-9-15)25-13-16-6-4-5-7-18(16)30-20(22)23/h4-11,20H,12-14H2,1-3H3,(H2,24,25,26). The van der Waals surface area contributed by atoms with E-state index in [1.165, 1.54) is 11.0 Å². The summed E-state index contributed by atoms with van der Waals surface area (Å²) in [6.45, 7) is -2.33. The maximum atomic E-state index is 12.6. The van der Waals surface area contributed by atoms with Crippen molar-refractivity contribution in [2.45, 2.75) is 19.7 Å². The minimum Gasteiger partial charge on any atom is -0.497 e. The molecule has 0 fully saturated rings. The number of ether oxygens (including phenoxy) is 2. The van der Waals surface area contributed by atoms with Gasteiger partial charge in [-0.2, -0.15) is 8.78 Å². The lowest BCUT2D eigenvalue weighted by Crippen LogP contribution is -2.42. The van der Waals surface area contributed by atoms with Crippen LogP contribution in [-0.2, 0) is 17.9 Å². The van der Waals surface area contributed by atoms with Gasteiger partial charge in [-0.1, -0.05) is 30.3 Å². The molecule has 7 nitrogen and oxygen atoms in total. The number of nitrogens with one attached hydrogen (secondary N) is 2. The lowest BCUT2D eigenvalue weighted by molar-refractivity contribution is -0.127. The van der Waals surface area contributed by atoms with E-state index in [0.717, 1.165) is 11.3 Å². The van der Waals surface area contributed by atoms with Gasteiger partial charge in [0, 0.05) is 26.2 Å². The van der Waals surface area contributed by atoms with Crippen molar-refractivity contribution >= 4 is 11.9 Å². The van der Waals surface area contributed by atoms with E-state index in [1.807, 2.05) is 24.3 Å². The molecule has 162 valence electrons. The van der Waals surface area contributed by atoms with Crippen LogP contribution in [0, 0.1) is 0 Å². The zero-order valence-corrected chi connectivity index (χ0v) is 17.2. The van der Waals surface area contributed by atoms with Crippen LogP contribution in [0.5, 0.6) is 11.5 Å². The van der Waals surface area contributed by atoms with Gasteiger partial charge >= 0.3 is 6.61 Å². The van der Waals surface area contributed by atoms with Gasteiger partial charge in [-0.15, -0.1) is 0 Å². The number of hydrogen-bond donors (Lipinski definition) is 2. The van der Waals surface area contributed by atoms with Crippen molar-refractivity contribution in [3.8, 4) is 11.5 Å². The van der Waals surface area contributed by atoms with Crippen LogP contribution in [-0.4, -0.2) is 51.1 Å². The van der Waals surface area contributed by atoms with Crippen LogP contribution < -0.4 is 20.1 Å². The Balaban J connectivity index is 2.09. The van der Waals surface area contributed by atoms with E-state index in [-0.39, 0.29) is 24.7 Å². The van der Waals surface area contributed by atoms with Gasteiger partial charge in [0.05, 0.1) is 20.2 Å². The average Bonchev–Trinajstić information content (AvgIpc) is 2.73. The van der Waals surface area contributed by atoms with Crippen LogP contribution in [0.4, 0.5) is 8.78 Å². The molecule has 0 bridgehead atoms. The van der Waals surface area contributed by atoms with Gasteiger partial charge in [-0.05, 0) is 23.8 Å². The Kier molecular flexibility index (Phi) is 8.86. The molecule has 0 aromatic heterocycles. The SMILES string of the molecule is COc1ccc(CN=C(NCC(=O)N(C)C)NCc2ccccc2OC(F)F)cc1. The number of amides is 1. The number of carbonyl (C=O) groups is 1.